The van der Waals surface area contributed by atoms with Gasteiger partial charge in [-0.1, -0.05) is 386 Å². The molecule has 1 rings (SSSR count). The summed E-state index contributed by atoms with van der Waals surface area (Å²) in [5.74, 6) is -1.17. The molecular weight excluding hydrogens is 1100 g/mol. The predicted octanol–water partition coefficient (Wildman–Crippen LogP) is 20.6. The van der Waals surface area contributed by atoms with Crippen molar-refractivity contribution in [1.29, 1.82) is 0 Å². The van der Waals surface area contributed by atoms with Gasteiger partial charge in [0.15, 0.2) is 12.4 Å². The van der Waals surface area contributed by atoms with E-state index >= 15 is 0 Å². The summed E-state index contributed by atoms with van der Waals surface area (Å²) in [6.45, 7) is 5.88. The number of hydrogen-bond donors (Lipinski definition) is 6. The minimum Gasteiger partial charge on any atom is -0.454 e. The Balaban J connectivity index is 2.49. The zero-order valence-electron chi connectivity index (χ0n) is 58.4. The molecule has 1 saturated heterocycles. The highest BCUT2D eigenvalue weighted by Gasteiger charge is 2.47. The monoisotopic (exact) mass is 1250 g/mol. The molecule has 0 aromatic rings. The molecule has 1 heterocycles. The van der Waals surface area contributed by atoms with E-state index in [2.05, 4.69) is 26.1 Å². The SMILES string of the molecule is CCCCCCCCCCCC/C=C/C(O)C(COC1OC(CO)C(O)C(O)C1OC(=O)CCCCCCCCCCCCCCCCCCCCCCCCCCC)NC(=O)C(O)CCCCCCCCCCCCCCCCCCCCCCCC. The standard InChI is InChI=1S/C77H149NO10/c1-4-7-10-13-16-19-22-25-27-29-31-33-35-36-37-39-41-43-45-47-50-53-56-59-62-65-72(82)88-75-74(84)73(83)71(66-79)87-77(75)86-67-68(69(80)63-60-57-54-51-48-24-21-18-15-12-9-6-3)78-76(85)70(81)64-61-58-55-52-49-46-44-42-40-38-34-32-30-28-26-23-20-17-14-11-8-5-2/h60,63,68-71,73-75,77,79-81,83-84H,4-59,61-62,64-67H2,1-3H3,(H,78,85)/b63-60+. The van der Waals surface area contributed by atoms with Crippen LogP contribution in [0.5, 0.6) is 0 Å². The third-order valence-corrected chi connectivity index (χ3v) is 18.9. The van der Waals surface area contributed by atoms with E-state index < -0.39 is 67.4 Å². The Kier molecular flexibility index (Phi) is 62.8. The average Bonchev–Trinajstić information content (AvgIpc) is 2.34. The number of ether oxygens (including phenoxy) is 3. The van der Waals surface area contributed by atoms with E-state index in [0.29, 0.717) is 19.3 Å². The highest BCUT2D eigenvalue weighted by atomic mass is 16.7. The lowest BCUT2D eigenvalue weighted by molar-refractivity contribution is -0.305. The molecule has 8 atom stereocenters. The van der Waals surface area contributed by atoms with Crippen LogP contribution in [0.15, 0.2) is 12.2 Å². The van der Waals surface area contributed by atoms with Gasteiger partial charge in [0.1, 0.15) is 24.4 Å². The summed E-state index contributed by atoms with van der Waals surface area (Å²) in [6, 6.07) is -1.02. The Bertz CT molecular complexity index is 1480. The summed E-state index contributed by atoms with van der Waals surface area (Å²) >= 11 is 0. The first-order chi connectivity index (χ1) is 43.2. The molecular formula is C77H149NO10. The number of carbonyl (C=O) groups excluding carboxylic acids is 2. The molecule has 0 bridgehead atoms. The summed E-state index contributed by atoms with van der Waals surface area (Å²) in [7, 11) is 0. The smallest absolute Gasteiger partial charge is 0.306 e. The van der Waals surface area contributed by atoms with Crippen LogP contribution in [0.3, 0.4) is 0 Å². The summed E-state index contributed by atoms with van der Waals surface area (Å²) in [4.78, 5) is 26.7. The number of aliphatic hydroxyl groups excluding tert-OH is 5. The summed E-state index contributed by atoms with van der Waals surface area (Å²) in [5.41, 5.74) is 0. The molecule has 1 amide bonds. The zero-order chi connectivity index (χ0) is 63.9. The van der Waals surface area contributed by atoms with Gasteiger partial charge in [-0.15, -0.1) is 0 Å². The number of esters is 1. The van der Waals surface area contributed by atoms with Crippen molar-refractivity contribution in [2.45, 2.75) is 455 Å². The fraction of sp³-hybridized carbons (Fsp3) is 0.948. The molecule has 8 unspecified atom stereocenters. The van der Waals surface area contributed by atoms with Crippen LogP contribution in [0.25, 0.3) is 0 Å². The molecule has 1 fully saturated rings. The molecule has 0 saturated carbocycles. The Labute approximate surface area is 544 Å². The minimum absolute atomic E-state index is 0.132. The molecule has 522 valence electrons. The normalized spacial score (nSPS) is 18.1. The van der Waals surface area contributed by atoms with Gasteiger partial charge in [-0.2, -0.15) is 0 Å². The van der Waals surface area contributed by atoms with Gasteiger partial charge in [0.25, 0.3) is 0 Å². The molecule has 0 aromatic heterocycles. The molecule has 1 aliphatic heterocycles. The van der Waals surface area contributed by atoms with E-state index in [1.54, 1.807) is 6.08 Å². The first-order valence-electron chi connectivity index (χ1n) is 39.0. The van der Waals surface area contributed by atoms with Crippen molar-refractivity contribution in [1.82, 2.24) is 5.32 Å². The van der Waals surface area contributed by atoms with Crippen LogP contribution in [0.4, 0.5) is 0 Å². The molecule has 0 spiro atoms. The van der Waals surface area contributed by atoms with Crippen molar-refractivity contribution in [2.24, 2.45) is 0 Å². The van der Waals surface area contributed by atoms with E-state index in [4.69, 9.17) is 14.2 Å². The average molecular weight is 1250 g/mol. The third-order valence-electron chi connectivity index (χ3n) is 18.9. The number of hydrogen-bond acceptors (Lipinski definition) is 10. The fourth-order valence-electron chi connectivity index (χ4n) is 12.8. The second-order valence-electron chi connectivity index (χ2n) is 27.5. The molecule has 11 nitrogen and oxygen atoms in total. The van der Waals surface area contributed by atoms with Crippen LogP contribution in [-0.4, -0.2) is 99.6 Å². The van der Waals surface area contributed by atoms with Crippen molar-refractivity contribution < 1.29 is 49.3 Å². The molecule has 1 aliphatic rings. The highest BCUT2D eigenvalue weighted by molar-refractivity contribution is 5.80. The quantitative estimate of drug-likeness (QED) is 0.0195. The van der Waals surface area contributed by atoms with Crippen LogP contribution < -0.4 is 5.32 Å². The van der Waals surface area contributed by atoms with Gasteiger partial charge in [0, 0.05) is 6.42 Å². The van der Waals surface area contributed by atoms with Crippen LogP contribution in [0, 0.1) is 0 Å². The van der Waals surface area contributed by atoms with Crippen molar-refractivity contribution in [2.75, 3.05) is 13.2 Å². The largest absolute Gasteiger partial charge is 0.454 e. The Morgan fingerprint density at radius 2 is 0.739 bits per heavy atom. The van der Waals surface area contributed by atoms with E-state index in [9.17, 15) is 35.1 Å². The van der Waals surface area contributed by atoms with Crippen LogP contribution in [0.1, 0.15) is 406 Å². The molecule has 0 radical (unpaired) electrons. The van der Waals surface area contributed by atoms with Crippen LogP contribution in [-0.2, 0) is 23.8 Å². The van der Waals surface area contributed by atoms with Gasteiger partial charge >= 0.3 is 5.97 Å². The number of allylic oxidation sites excluding steroid dienone is 1. The Hall–Kier alpha value is -1.60. The molecule has 6 N–H and O–H groups in total. The number of nitrogens with one attached hydrogen (secondary N) is 1. The molecule has 0 aromatic carbocycles. The third kappa shape index (κ3) is 51.9. The fourth-order valence-corrected chi connectivity index (χ4v) is 12.8. The second kappa shape index (κ2) is 65.5. The van der Waals surface area contributed by atoms with Crippen molar-refractivity contribution in [3.05, 3.63) is 12.2 Å². The predicted molar refractivity (Wildman–Crippen MR) is 371 cm³/mol. The van der Waals surface area contributed by atoms with Crippen molar-refractivity contribution >= 4 is 11.9 Å². The zero-order valence-corrected chi connectivity index (χ0v) is 58.4. The lowest BCUT2D eigenvalue weighted by Gasteiger charge is -2.41. The Morgan fingerprint density at radius 1 is 0.432 bits per heavy atom. The van der Waals surface area contributed by atoms with Crippen LogP contribution >= 0.6 is 0 Å². The number of carbonyl (C=O) groups is 2. The first kappa shape index (κ1) is 84.4. The Morgan fingerprint density at radius 3 is 1.07 bits per heavy atom. The number of rotatable bonds is 69. The van der Waals surface area contributed by atoms with Gasteiger partial charge in [0.05, 0.1) is 25.4 Å². The van der Waals surface area contributed by atoms with E-state index in [0.717, 1.165) is 57.8 Å². The first-order valence-corrected chi connectivity index (χ1v) is 39.0. The van der Waals surface area contributed by atoms with Gasteiger partial charge in [-0.3, -0.25) is 9.59 Å². The maximum Gasteiger partial charge on any atom is 0.306 e. The number of amides is 1. The molecule has 88 heavy (non-hydrogen) atoms. The summed E-state index contributed by atoms with van der Waals surface area (Å²) in [5, 5.41) is 57.4. The van der Waals surface area contributed by atoms with E-state index in [1.807, 2.05) is 6.08 Å². The van der Waals surface area contributed by atoms with E-state index in [1.165, 1.54) is 302 Å². The van der Waals surface area contributed by atoms with Gasteiger partial charge < -0.3 is 45.1 Å². The van der Waals surface area contributed by atoms with Crippen molar-refractivity contribution in [3.63, 3.8) is 0 Å². The number of unbranched alkanes of at least 4 members (excludes halogenated alkanes) is 55. The lowest BCUT2D eigenvalue weighted by atomic mass is 9.99. The molecule has 0 aliphatic carbocycles. The van der Waals surface area contributed by atoms with E-state index in [-0.39, 0.29) is 13.0 Å². The topological polar surface area (TPSA) is 175 Å². The highest BCUT2D eigenvalue weighted by Crippen LogP contribution is 2.27. The van der Waals surface area contributed by atoms with Gasteiger partial charge in [-0.05, 0) is 25.7 Å². The maximum atomic E-state index is 13.5. The lowest BCUT2D eigenvalue weighted by Crippen LogP contribution is -2.61. The second-order valence-corrected chi connectivity index (χ2v) is 27.5. The number of aliphatic hydroxyl groups is 5. The summed E-state index contributed by atoms with van der Waals surface area (Å²) < 4.78 is 17.8. The summed E-state index contributed by atoms with van der Waals surface area (Å²) in [6.07, 6.45) is 68.4. The molecule has 11 heteroatoms. The van der Waals surface area contributed by atoms with Gasteiger partial charge in [-0.25, -0.2) is 0 Å². The minimum atomic E-state index is -1.61. The maximum absolute atomic E-state index is 13.5. The van der Waals surface area contributed by atoms with Gasteiger partial charge in [0.2, 0.25) is 5.91 Å². The van der Waals surface area contributed by atoms with Crippen molar-refractivity contribution in [3.8, 4) is 0 Å². The van der Waals surface area contributed by atoms with Crippen LogP contribution in [0.2, 0.25) is 0 Å².